The van der Waals surface area contributed by atoms with Crippen molar-refractivity contribution in [1.29, 1.82) is 0 Å². The Kier molecular flexibility index (Phi) is 5.02. The van der Waals surface area contributed by atoms with Gasteiger partial charge in [-0.2, -0.15) is 0 Å². The van der Waals surface area contributed by atoms with Gasteiger partial charge in [0.05, 0.1) is 30.7 Å². The van der Waals surface area contributed by atoms with Crippen molar-refractivity contribution in [3.63, 3.8) is 0 Å². The zero-order valence-corrected chi connectivity index (χ0v) is 11.8. The summed E-state index contributed by atoms with van der Waals surface area (Å²) in [5.74, 6) is 5.49. The van der Waals surface area contributed by atoms with Crippen LogP contribution in [-0.4, -0.2) is 22.4 Å². The molecule has 0 atom stereocenters. The molecular formula is C16H16N4O. The average Bonchev–Trinajstić information content (AvgIpc) is 2.52. The van der Waals surface area contributed by atoms with E-state index in [2.05, 4.69) is 27.1 Å². The molecule has 0 unspecified atom stereocenters. The number of carbonyl (C=O) groups is 1. The van der Waals surface area contributed by atoms with Crippen LogP contribution in [-0.2, 0) is 6.54 Å². The third kappa shape index (κ3) is 4.41. The fourth-order valence-corrected chi connectivity index (χ4v) is 1.67. The first-order valence-corrected chi connectivity index (χ1v) is 6.54. The van der Waals surface area contributed by atoms with E-state index in [0.717, 1.165) is 11.3 Å². The molecule has 0 fully saturated rings. The van der Waals surface area contributed by atoms with Crippen LogP contribution in [0.15, 0.2) is 36.7 Å². The summed E-state index contributed by atoms with van der Waals surface area (Å²) in [6.45, 7) is 2.50. The summed E-state index contributed by atoms with van der Waals surface area (Å²) in [5, 5.41) is 2.80. The topological polar surface area (TPSA) is 80.9 Å². The van der Waals surface area contributed by atoms with E-state index in [1.165, 1.54) is 0 Å². The molecular weight excluding hydrogens is 264 g/mol. The number of hydrogen-bond donors (Lipinski definition) is 2. The third-order valence-corrected chi connectivity index (χ3v) is 2.72. The van der Waals surface area contributed by atoms with Gasteiger partial charge in [0.1, 0.15) is 0 Å². The summed E-state index contributed by atoms with van der Waals surface area (Å²) in [5.41, 5.74) is 8.21. The molecule has 3 N–H and O–H groups in total. The molecule has 0 aliphatic carbocycles. The Morgan fingerprint density at radius 3 is 2.90 bits per heavy atom. The van der Waals surface area contributed by atoms with Crippen molar-refractivity contribution in [3.8, 4) is 11.8 Å². The highest BCUT2D eigenvalue weighted by Gasteiger charge is 2.06. The lowest BCUT2D eigenvalue weighted by Gasteiger charge is -2.05. The first-order chi connectivity index (χ1) is 10.2. The molecule has 0 spiro atoms. The predicted octanol–water partition coefficient (Wildman–Crippen LogP) is 1.03. The smallest absolute Gasteiger partial charge is 0.251 e. The van der Waals surface area contributed by atoms with E-state index in [-0.39, 0.29) is 5.91 Å². The number of hydrogen-bond acceptors (Lipinski definition) is 4. The summed E-state index contributed by atoms with van der Waals surface area (Å²) in [6.07, 6.45) is 3.32. The Morgan fingerprint density at radius 2 is 2.19 bits per heavy atom. The van der Waals surface area contributed by atoms with Crippen LogP contribution in [0.2, 0.25) is 0 Å². The molecule has 5 heteroatoms. The first kappa shape index (κ1) is 14.7. The van der Waals surface area contributed by atoms with Crippen LogP contribution < -0.4 is 11.1 Å². The Labute approximate surface area is 123 Å². The summed E-state index contributed by atoms with van der Waals surface area (Å²) in [6, 6.07) is 7.11. The van der Waals surface area contributed by atoms with Crippen LogP contribution in [0, 0.1) is 18.8 Å². The van der Waals surface area contributed by atoms with E-state index < -0.39 is 0 Å². The second-order valence-electron chi connectivity index (χ2n) is 4.42. The van der Waals surface area contributed by atoms with Crippen LogP contribution in [0.3, 0.4) is 0 Å². The van der Waals surface area contributed by atoms with Gasteiger partial charge >= 0.3 is 0 Å². The van der Waals surface area contributed by atoms with Crippen LogP contribution in [0.5, 0.6) is 0 Å². The van der Waals surface area contributed by atoms with Gasteiger partial charge in [0.15, 0.2) is 0 Å². The maximum absolute atomic E-state index is 12.1. The van der Waals surface area contributed by atoms with Gasteiger partial charge in [-0.25, -0.2) is 0 Å². The number of aromatic nitrogens is 2. The molecule has 1 heterocycles. The van der Waals surface area contributed by atoms with E-state index >= 15 is 0 Å². The van der Waals surface area contributed by atoms with Gasteiger partial charge in [-0.15, -0.1) is 0 Å². The maximum atomic E-state index is 12.1. The number of aryl methyl sites for hydroxylation is 1. The fraction of sp³-hybridized carbons (Fsp3) is 0.188. The minimum absolute atomic E-state index is 0.172. The van der Waals surface area contributed by atoms with E-state index in [1.54, 1.807) is 30.6 Å². The Balaban J connectivity index is 2.01. The SMILES string of the molecule is Cc1cnc(CNC(=O)c2cccc(C#CCN)c2)cn1. The Bertz CT molecular complexity index is 683. The third-order valence-electron chi connectivity index (χ3n) is 2.72. The summed E-state index contributed by atoms with van der Waals surface area (Å²) in [4.78, 5) is 20.4. The van der Waals surface area contributed by atoms with Gasteiger partial charge < -0.3 is 11.1 Å². The van der Waals surface area contributed by atoms with Gasteiger partial charge in [-0.1, -0.05) is 17.9 Å². The standard InChI is InChI=1S/C16H16N4O/c1-12-9-19-15(10-18-12)11-20-16(21)14-6-2-4-13(8-14)5-3-7-17/h2,4,6,8-10H,7,11,17H2,1H3,(H,20,21). The van der Waals surface area contributed by atoms with Crippen molar-refractivity contribution in [3.05, 3.63) is 59.2 Å². The van der Waals surface area contributed by atoms with Gasteiger partial charge in [-0.3, -0.25) is 14.8 Å². The lowest BCUT2D eigenvalue weighted by molar-refractivity contribution is 0.0950. The zero-order chi connectivity index (χ0) is 15.1. The molecule has 1 aromatic heterocycles. The van der Waals surface area contributed by atoms with Crippen molar-refractivity contribution in [1.82, 2.24) is 15.3 Å². The summed E-state index contributed by atoms with van der Waals surface area (Å²) < 4.78 is 0. The number of nitrogens with one attached hydrogen (secondary N) is 1. The molecule has 2 rings (SSSR count). The molecule has 0 bridgehead atoms. The van der Waals surface area contributed by atoms with Gasteiger partial charge in [0.25, 0.3) is 5.91 Å². The van der Waals surface area contributed by atoms with Crippen molar-refractivity contribution in [2.24, 2.45) is 5.73 Å². The fourth-order valence-electron chi connectivity index (χ4n) is 1.67. The van der Waals surface area contributed by atoms with Crippen molar-refractivity contribution >= 4 is 5.91 Å². The number of nitrogens with zero attached hydrogens (tertiary/aromatic N) is 2. The van der Waals surface area contributed by atoms with E-state index in [1.807, 2.05) is 13.0 Å². The molecule has 0 saturated heterocycles. The summed E-state index contributed by atoms with van der Waals surface area (Å²) in [7, 11) is 0. The first-order valence-electron chi connectivity index (χ1n) is 6.54. The molecule has 106 valence electrons. The number of nitrogens with two attached hydrogens (primary N) is 1. The highest BCUT2D eigenvalue weighted by Crippen LogP contribution is 2.04. The number of benzene rings is 1. The lowest BCUT2D eigenvalue weighted by Crippen LogP contribution is -2.23. The van der Waals surface area contributed by atoms with Crippen LogP contribution in [0.1, 0.15) is 27.3 Å². The summed E-state index contributed by atoms with van der Waals surface area (Å²) >= 11 is 0. The zero-order valence-electron chi connectivity index (χ0n) is 11.8. The lowest BCUT2D eigenvalue weighted by atomic mass is 10.1. The Morgan fingerprint density at radius 1 is 1.33 bits per heavy atom. The highest BCUT2D eigenvalue weighted by atomic mass is 16.1. The minimum atomic E-state index is -0.172. The molecule has 1 aromatic carbocycles. The van der Waals surface area contributed by atoms with E-state index in [9.17, 15) is 4.79 Å². The second kappa shape index (κ2) is 7.17. The molecule has 0 aliphatic heterocycles. The monoisotopic (exact) mass is 280 g/mol. The van der Waals surface area contributed by atoms with Crippen molar-refractivity contribution < 1.29 is 4.79 Å². The second-order valence-corrected chi connectivity index (χ2v) is 4.42. The predicted molar refractivity (Wildman–Crippen MR) is 80.3 cm³/mol. The quantitative estimate of drug-likeness (QED) is 0.823. The maximum Gasteiger partial charge on any atom is 0.251 e. The van der Waals surface area contributed by atoms with Gasteiger partial charge in [0, 0.05) is 17.3 Å². The molecule has 1 amide bonds. The molecule has 5 nitrogen and oxygen atoms in total. The molecule has 0 aliphatic rings. The Hall–Kier alpha value is -2.71. The van der Waals surface area contributed by atoms with Gasteiger partial charge in [-0.05, 0) is 25.1 Å². The largest absolute Gasteiger partial charge is 0.346 e. The van der Waals surface area contributed by atoms with Crippen molar-refractivity contribution in [2.75, 3.05) is 6.54 Å². The van der Waals surface area contributed by atoms with Crippen LogP contribution in [0.25, 0.3) is 0 Å². The highest BCUT2D eigenvalue weighted by molar-refractivity contribution is 5.94. The minimum Gasteiger partial charge on any atom is -0.346 e. The van der Waals surface area contributed by atoms with E-state index in [0.29, 0.717) is 24.3 Å². The van der Waals surface area contributed by atoms with Crippen LogP contribution >= 0.6 is 0 Å². The average molecular weight is 280 g/mol. The normalized spacial score (nSPS) is 9.62. The van der Waals surface area contributed by atoms with Crippen LogP contribution in [0.4, 0.5) is 0 Å². The van der Waals surface area contributed by atoms with Crippen molar-refractivity contribution in [2.45, 2.75) is 13.5 Å². The molecule has 0 radical (unpaired) electrons. The molecule has 2 aromatic rings. The number of carbonyl (C=O) groups excluding carboxylic acids is 1. The van der Waals surface area contributed by atoms with Gasteiger partial charge in [0.2, 0.25) is 0 Å². The molecule has 21 heavy (non-hydrogen) atoms. The van der Waals surface area contributed by atoms with E-state index in [4.69, 9.17) is 5.73 Å². The number of rotatable bonds is 3. The molecule has 0 saturated carbocycles. The number of amides is 1.